The zero-order chi connectivity index (χ0) is 17.4. The molecule has 2 amide bonds. The van der Waals surface area contributed by atoms with E-state index in [2.05, 4.69) is 10.9 Å². The van der Waals surface area contributed by atoms with Crippen LogP contribution in [0.2, 0.25) is 10.0 Å². The van der Waals surface area contributed by atoms with Crippen molar-refractivity contribution in [3.63, 3.8) is 0 Å². The molecule has 0 heterocycles. The first-order valence-electron chi connectivity index (χ1n) is 6.75. The lowest BCUT2D eigenvalue weighted by Crippen LogP contribution is -2.48. The molecule has 1 aromatic carbocycles. The summed E-state index contributed by atoms with van der Waals surface area (Å²) in [4.78, 5) is 33.7. The van der Waals surface area contributed by atoms with Gasteiger partial charge in [0.25, 0.3) is 5.91 Å². The fourth-order valence-corrected chi connectivity index (χ4v) is 1.86. The summed E-state index contributed by atoms with van der Waals surface area (Å²) < 4.78 is 5.49. The highest BCUT2D eigenvalue weighted by Gasteiger charge is 2.20. The van der Waals surface area contributed by atoms with Crippen molar-refractivity contribution in [1.29, 1.82) is 0 Å². The van der Waals surface area contributed by atoms with Crippen LogP contribution >= 0.6 is 23.2 Å². The Labute approximate surface area is 142 Å². The number of carboxylic acid groups (broad SMARTS) is 1. The summed E-state index contributed by atoms with van der Waals surface area (Å²) in [6, 6.07) is 4.60. The van der Waals surface area contributed by atoms with Crippen LogP contribution in [0.15, 0.2) is 18.2 Å². The van der Waals surface area contributed by atoms with Crippen LogP contribution < -0.4 is 15.6 Å². The lowest BCUT2D eigenvalue weighted by molar-refractivity contribution is -0.139. The number of carbonyl (C=O) groups is 3. The Hall–Kier alpha value is -1.99. The second-order valence-corrected chi connectivity index (χ2v) is 5.36. The molecule has 3 N–H and O–H groups in total. The van der Waals surface area contributed by atoms with Gasteiger partial charge in [0, 0.05) is 17.5 Å². The molecule has 0 radical (unpaired) electrons. The lowest BCUT2D eigenvalue weighted by atomic mass is 10.2. The standard InChI is InChI=1S/C14H16Cl2N2O5/c1-2-10(23-11-7-8(15)3-4-9(11)16)14(22)18-17-12(19)5-6-13(20)21/h3-4,7,10H,2,5-6H2,1H3,(H,17,19)(H,18,22)(H,20,21)/t10-/m0/s1. The molecule has 1 rings (SSSR count). The van der Waals surface area contributed by atoms with Crippen LogP contribution in [0, 0.1) is 0 Å². The van der Waals surface area contributed by atoms with E-state index in [1.54, 1.807) is 13.0 Å². The van der Waals surface area contributed by atoms with Gasteiger partial charge in [0.05, 0.1) is 11.4 Å². The number of amides is 2. The summed E-state index contributed by atoms with van der Waals surface area (Å²) in [5, 5.41) is 9.17. The number of ether oxygens (including phenoxy) is 1. The molecule has 0 aliphatic rings. The normalized spacial score (nSPS) is 11.4. The third-order valence-electron chi connectivity index (χ3n) is 2.72. The van der Waals surface area contributed by atoms with Gasteiger partial charge in [-0.25, -0.2) is 0 Å². The maximum absolute atomic E-state index is 12.0. The van der Waals surface area contributed by atoms with E-state index >= 15 is 0 Å². The van der Waals surface area contributed by atoms with E-state index in [4.69, 9.17) is 33.0 Å². The zero-order valence-electron chi connectivity index (χ0n) is 12.3. The Morgan fingerprint density at radius 3 is 2.52 bits per heavy atom. The van der Waals surface area contributed by atoms with Crippen LogP contribution in [0.1, 0.15) is 26.2 Å². The monoisotopic (exact) mass is 362 g/mol. The fourth-order valence-electron chi connectivity index (χ4n) is 1.54. The molecule has 0 fully saturated rings. The van der Waals surface area contributed by atoms with Crippen molar-refractivity contribution in [3.05, 3.63) is 28.2 Å². The molecule has 0 unspecified atom stereocenters. The van der Waals surface area contributed by atoms with Crippen molar-refractivity contribution >= 4 is 41.0 Å². The molecular weight excluding hydrogens is 347 g/mol. The first kappa shape index (κ1) is 19.1. The molecule has 1 atom stereocenters. The number of nitrogens with one attached hydrogen (secondary N) is 2. The van der Waals surface area contributed by atoms with Crippen LogP contribution in [-0.2, 0) is 14.4 Å². The van der Waals surface area contributed by atoms with Crippen molar-refractivity contribution < 1.29 is 24.2 Å². The molecule has 126 valence electrons. The van der Waals surface area contributed by atoms with Crippen LogP contribution in [0.4, 0.5) is 0 Å². The summed E-state index contributed by atoms with van der Waals surface area (Å²) in [5.41, 5.74) is 4.30. The van der Waals surface area contributed by atoms with E-state index in [-0.39, 0.29) is 18.6 Å². The van der Waals surface area contributed by atoms with Gasteiger partial charge in [-0.1, -0.05) is 30.1 Å². The molecule has 1 aromatic rings. The number of aliphatic carboxylic acids is 1. The summed E-state index contributed by atoms with van der Waals surface area (Å²) >= 11 is 11.8. The number of hydrazine groups is 1. The highest BCUT2D eigenvalue weighted by Crippen LogP contribution is 2.28. The first-order valence-corrected chi connectivity index (χ1v) is 7.51. The average molecular weight is 363 g/mol. The van der Waals surface area contributed by atoms with Gasteiger partial charge >= 0.3 is 5.97 Å². The van der Waals surface area contributed by atoms with Crippen molar-refractivity contribution in [3.8, 4) is 5.75 Å². The maximum atomic E-state index is 12.0. The third-order valence-corrected chi connectivity index (χ3v) is 3.26. The maximum Gasteiger partial charge on any atom is 0.303 e. The number of rotatable bonds is 7. The van der Waals surface area contributed by atoms with Gasteiger partial charge in [-0.05, 0) is 18.6 Å². The third kappa shape index (κ3) is 6.75. The van der Waals surface area contributed by atoms with E-state index in [1.807, 2.05) is 0 Å². The average Bonchev–Trinajstić information content (AvgIpc) is 2.51. The highest BCUT2D eigenvalue weighted by atomic mass is 35.5. The molecule has 9 heteroatoms. The Morgan fingerprint density at radius 2 is 1.91 bits per heavy atom. The van der Waals surface area contributed by atoms with Gasteiger partial charge in [0.2, 0.25) is 5.91 Å². The Balaban J connectivity index is 2.56. The summed E-state index contributed by atoms with van der Waals surface area (Å²) in [7, 11) is 0. The molecule has 7 nitrogen and oxygen atoms in total. The zero-order valence-corrected chi connectivity index (χ0v) is 13.8. The van der Waals surface area contributed by atoms with Crippen molar-refractivity contribution in [1.82, 2.24) is 10.9 Å². The Kier molecular flexibility index (Phi) is 7.64. The second kappa shape index (κ2) is 9.22. The van der Waals surface area contributed by atoms with Crippen LogP contribution in [0.3, 0.4) is 0 Å². The number of hydrogen-bond acceptors (Lipinski definition) is 4. The minimum Gasteiger partial charge on any atom is -0.481 e. The van der Waals surface area contributed by atoms with E-state index in [1.165, 1.54) is 12.1 Å². The van der Waals surface area contributed by atoms with Crippen molar-refractivity contribution in [2.45, 2.75) is 32.3 Å². The molecule has 0 spiro atoms. The molecule has 23 heavy (non-hydrogen) atoms. The first-order chi connectivity index (χ1) is 10.8. The number of halogens is 2. The predicted molar refractivity (Wildman–Crippen MR) is 84.3 cm³/mol. The van der Waals surface area contributed by atoms with Gasteiger partial charge in [0.15, 0.2) is 6.10 Å². The number of hydrogen-bond donors (Lipinski definition) is 3. The minimum absolute atomic E-state index is 0.243. The van der Waals surface area contributed by atoms with E-state index in [9.17, 15) is 14.4 Å². The van der Waals surface area contributed by atoms with Gasteiger partial charge in [0.1, 0.15) is 5.75 Å². The van der Waals surface area contributed by atoms with Crippen LogP contribution in [0.25, 0.3) is 0 Å². The molecule has 0 saturated carbocycles. The summed E-state index contributed by atoms with van der Waals surface area (Å²) in [6.07, 6.45) is -1.15. The van der Waals surface area contributed by atoms with Gasteiger partial charge in [-0.15, -0.1) is 0 Å². The number of benzene rings is 1. The summed E-state index contributed by atoms with van der Waals surface area (Å²) in [6.45, 7) is 1.72. The molecule has 0 aromatic heterocycles. The minimum atomic E-state index is -1.10. The van der Waals surface area contributed by atoms with Gasteiger partial charge in [-0.3, -0.25) is 25.2 Å². The largest absolute Gasteiger partial charge is 0.481 e. The van der Waals surface area contributed by atoms with Crippen LogP contribution in [-0.4, -0.2) is 29.0 Å². The lowest BCUT2D eigenvalue weighted by Gasteiger charge is -2.18. The van der Waals surface area contributed by atoms with E-state index in [0.717, 1.165) is 0 Å². The van der Waals surface area contributed by atoms with Gasteiger partial charge < -0.3 is 9.84 Å². The van der Waals surface area contributed by atoms with E-state index in [0.29, 0.717) is 16.5 Å². The van der Waals surface area contributed by atoms with Crippen molar-refractivity contribution in [2.75, 3.05) is 0 Å². The van der Waals surface area contributed by atoms with Crippen LogP contribution in [0.5, 0.6) is 5.75 Å². The smallest absolute Gasteiger partial charge is 0.303 e. The molecule has 0 saturated heterocycles. The Bertz CT molecular complexity index is 595. The Morgan fingerprint density at radius 1 is 1.22 bits per heavy atom. The SMILES string of the molecule is CC[C@H](Oc1cc(Cl)ccc1Cl)C(=O)NNC(=O)CCC(=O)O. The molecular formula is C14H16Cl2N2O5. The highest BCUT2D eigenvalue weighted by molar-refractivity contribution is 6.34. The molecule has 0 aliphatic heterocycles. The topological polar surface area (TPSA) is 105 Å². The molecule has 0 bridgehead atoms. The number of carboxylic acids is 1. The fraction of sp³-hybridized carbons (Fsp3) is 0.357. The molecule has 0 aliphatic carbocycles. The summed E-state index contributed by atoms with van der Waals surface area (Å²) in [5.74, 6) is -2.06. The predicted octanol–water partition coefficient (Wildman–Crippen LogP) is 2.16. The van der Waals surface area contributed by atoms with Gasteiger partial charge in [-0.2, -0.15) is 0 Å². The van der Waals surface area contributed by atoms with E-state index < -0.39 is 23.9 Å². The number of carbonyl (C=O) groups excluding carboxylic acids is 2. The quantitative estimate of drug-likeness (QED) is 0.644. The van der Waals surface area contributed by atoms with Crippen molar-refractivity contribution in [2.24, 2.45) is 0 Å². The second-order valence-electron chi connectivity index (χ2n) is 4.52.